The first-order valence-electron chi connectivity index (χ1n) is 3.03. The molecule has 5 heteroatoms. The maximum Gasteiger partial charge on any atom is 0.141 e. The van der Waals surface area contributed by atoms with Crippen LogP contribution in [0.4, 0.5) is 0 Å². The monoisotopic (exact) mass is 280 g/mol. The molecular weight excluding hydrogens is 275 g/mol. The lowest BCUT2D eigenvalue weighted by Crippen LogP contribution is -1.89. The highest BCUT2D eigenvalue weighted by Crippen LogP contribution is 2.20. The molecule has 58 valence electrons. The van der Waals surface area contributed by atoms with E-state index in [2.05, 4.69) is 27.6 Å². The quantitative estimate of drug-likeness (QED) is 0.804. The van der Waals surface area contributed by atoms with Gasteiger partial charge in [0.2, 0.25) is 0 Å². The van der Waals surface area contributed by atoms with Crippen LogP contribution in [0.25, 0.3) is 4.83 Å². The van der Waals surface area contributed by atoms with Crippen LogP contribution >= 0.6 is 33.9 Å². The summed E-state index contributed by atoms with van der Waals surface area (Å²) in [5.74, 6) is 0.714. The van der Waals surface area contributed by atoms with Crippen molar-refractivity contribution in [3.63, 3.8) is 0 Å². The van der Waals surface area contributed by atoms with Crippen LogP contribution in [0.5, 0.6) is 0 Å². The van der Waals surface area contributed by atoms with Crippen molar-refractivity contribution < 1.29 is 5.11 Å². The third-order valence-electron chi connectivity index (χ3n) is 1.43. The summed E-state index contributed by atoms with van der Waals surface area (Å²) in [6, 6.07) is 0. The minimum absolute atomic E-state index is 0.000894. The van der Waals surface area contributed by atoms with Crippen LogP contribution in [0.2, 0.25) is 0 Å². The van der Waals surface area contributed by atoms with Crippen LogP contribution in [0.15, 0.2) is 11.6 Å². The molecule has 0 bridgehead atoms. The lowest BCUT2D eigenvalue weighted by Gasteiger charge is -1.87. The van der Waals surface area contributed by atoms with Crippen molar-refractivity contribution in [2.45, 2.75) is 6.61 Å². The Morgan fingerprint density at radius 2 is 2.55 bits per heavy atom. The Bertz CT molecular complexity index is 381. The average Bonchev–Trinajstić information content (AvgIpc) is 2.54. The number of aliphatic hydroxyl groups is 1. The van der Waals surface area contributed by atoms with E-state index in [1.807, 2.05) is 16.0 Å². The van der Waals surface area contributed by atoms with Gasteiger partial charge in [-0.25, -0.2) is 4.98 Å². The summed E-state index contributed by atoms with van der Waals surface area (Å²) < 4.78 is 2.87. The lowest BCUT2D eigenvalue weighted by atomic mass is 10.6. The van der Waals surface area contributed by atoms with E-state index in [0.29, 0.717) is 5.82 Å². The SMILES string of the molecule is OCc1nc(I)c2sccn12. The molecule has 2 heterocycles. The van der Waals surface area contributed by atoms with Crippen molar-refractivity contribution in [2.75, 3.05) is 0 Å². The van der Waals surface area contributed by atoms with Crippen LogP contribution in [0.3, 0.4) is 0 Å². The maximum absolute atomic E-state index is 8.89. The highest BCUT2D eigenvalue weighted by molar-refractivity contribution is 14.1. The third-order valence-corrected chi connectivity index (χ3v) is 3.42. The Hall–Kier alpha value is -0.140. The molecule has 0 aliphatic heterocycles. The fraction of sp³-hybridized carbons (Fsp3) is 0.167. The van der Waals surface area contributed by atoms with Crippen molar-refractivity contribution >= 4 is 38.8 Å². The Labute approximate surface area is 80.8 Å². The molecule has 0 aliphatic rings. The number of nitrogens with zero attached hydrogens (tertiary/aromatic N) is 2. The molecule has 2 aromatic rings. The second-order valence-corrected chi connectivity index (χ2v) is 3.97. The maximum atomic E-state index is 8.89. The van der Waals surface area contributed by atoms with Crippen molar-refractivity contribution in [3.8, 4) is 0 Å². The lowest BCUT2D eigenvalue weighted by molar-refractivity contribution is 0.270. The largest absolute Gasteiger partial charge is 0.388 e. The second kappa shape index (κ2) is 2.72. The highest BCUT2D eigenvalue weighted by atomic mass is 127. The molecule has 2 aromatic heterocycles. The van der Waals surface area contributed by atoms with E-state index in [4.69, 9.17) is 5.11 Å². The van der Waals surface area contributed by atoms with E-state index >= 15 is 0 Å². The molecule has 0 spiro atoms. The van der Waals surface area contributed by atoms with Gasteiger partial charge in [0.25, 0.3) is 0 Å². The van der Waals surface area contributed by atoms with E-state index in [-0.39, 0.29) is 6.61 Å². The molecule has 1 N–H and O–H groups in total. The van der Waals surface area contributed by atoms with Gasteiger partial charge >= 0.3 is 0 Å². The molecule has 3 nitrogen and oxygen atoms in total. The molecule has 0 saturated heterocycles. The molecule has 2 rings (SSSR count). The molecule has 0 radical (unpaired) electrons. The van der Waals surface area contributed by atoms with E-state index in [9.17, 15) is 0 Å². The second-order valence-electron chi connectivity index (χ2n) is 2.06. The van der Waals surface area contributed by atoms with Crippen molar-refractivity contribution in [1.82, 2.24) is 9.38 Å². The van der Waals surface area contributed by atoms with E-state index < -0.39 is 0 Å². The number of imidazole rings is 1. The van der Waals surface area contributed by atoms with Crippen LogP contribution in [-0.2, 0) is 6.61 Å². The summed E-state index contributed by atoms with van der Waals surface area (Å²) in [5, 5.41) is 10.9. The Morgan fingerprint density at radius 1 is 1.73 bits per heavy atom. The van der Waals surface area contributed by atoms with Crippen LogP contribution in [0, 0.1) is 3.70 Å². The van der Waals surface area contributed by atoms with Crippen LogP contribution in [-0.4, -0.2) is 14.5 Å². The molecule has 11 heavy (non-hydrogen) atoms. The smallest absolute Gasteiger partial charge is 0.141 e. The van der Waals surface area contributed by atoms with Crippen molar-refractivity contribution in [1.29, 1.82) is 0 Å². The standard InChI is InChI=1S/C6H5IN2OS/c7-5-6-9(1-2-11-6)4(3-10)8-5/h1-2,10H,3H2. The number of aromatic nitrogens is 2. The number of hydrogen-bond donors (Lipinski definition) is 1. The fourth-order valence-electron chi connectivity index (χ4n) is 0.958. The summed E-state index contributed by atoms with van der Waals surface area (Å²) in [6.07, 6.45) is 1.92. The molecular formula is C6H5IN2OS. The number of thiazole rings is 1. The van der Waals surface area contributed by atoms with Gasteiger partial charge < -0.3 is 5.11 Å². The molecule has 0 aliphatic carbocycles. The zero-order valence-electron chi connectivity index (χ0n) is 5.49. The van der Waals surface area contributed by atoms with Gasteiger partial charge in [-0.05, 0) is 22.6 Å². The van der Waals surface area contributed by atoms with Gasteiger partial charge in [0.15, 0.2) is 0 Å². The van der Waals surface area contributed by atoms with Gasteiger partial charge in [-0.1, -0.05) is 0 Å². The Balaban J connectivity index is 2.80. The van der Waals surface area contributed by atoms with Crippen molar-refractivity contribution in [3.05, 3.63) is 21.1 Å². The first-order chi connectivity index (χ1) is 5.33. The van der Waals surface area contributed by atoms with Crippen LogP contribution < -0.4 is 0 Å². The summed E-state index contributed by atoms with van der Waals surface area (Å²) in [7, 11) is 0. The number of aliphatic hydroxyl groups excluding tert-OH is 1. The van der Waals surface area contributed by atoms with Gasteiger partial charge in [0.05, 0.1) is 0 Å². The minimum Gasteiger partial charge on any atom is -0.388 e. The molecule has 0 aromatic carbocycles. The van der Waals surface area contributed by atoms with Crippen molar-refractivity contribution in [2.24, 2.45) is 0 Å². The van der Waals surface area contributed by atoms with Gasteiger partial charge in [-0.3, -0.25) is 4.40 Å². The molecule has 0 unspecified atom stereocenters. The predicted molar refractivity (Wildman–Crippen MR) is 51.7 cm³/mol. The van der Waals surface area contributed by atoms with Gasteiger partial charge in [0.1, 0.15) is 21.0 Å². The van der Waals surface area contributed by atoms with Gasteiger partial charge in [0, 0.05) is 11.6 Å². The highest BCUT2D eigenvalue weighted by Gasteiger charge is 2.07. The number of hydrogen-bond acceptors (Lipinski definition) is 3. The van der Waals surface area contributed by atoms with Gasteiger partial charge in [-0.2, -0.15) is 0 Å². The zero-order chi connectivity index (χ0) is 7.84. The molecule has 0 saturated carbocycles. The van der Waals surface area contributed by atoms with E-state index in [1.54, 1.807) is 11.3 Å². The Kier molecular flexibility index (Phi) is 1.86. The summed E-state index contributed by atoms with van der Waals surface area (Å²) in [5.41, 5.74) is 0. The Morgan fingerprint density at radius 3 is 3.27 bits per heavy atom. The fourth-order valence-corrected chi connectivity index (χ4v) is 2.61. The van der Waals surface area contributed by atoms with Crippen LogP contribution in [0.1, 0.15) is 5.82 Å². The predicted octanol–water partition coefficient (Wildman–Crippen LogP) is 1.49. The topological polar surface area (TPSA) is 37.5 Å². The number of fused-ring (bicyclic) bond motifs is 1. The number of halogens is 1. The normalized spacial score (nSPS) is 11.1. The first kappa shape index (κ1) is 7.51. The third kappa shape index (κ3) is 1.07. The minimum atomic E-state index is 0.000894. The zero-order valence-corrected chi connectivity index (χ0v) is 8.46. The summed E-state index contributed by atoms with van der Waals surface area (Å²) >= 11 is 3.80. The molecule has 0 amide bonds. The molecule has 0 atom stereocenters. The summed E-state index contributed by atoms with van der Waals surface area (Å²) in [4.78, 5) is 5.28. The van der Waals surface area contributed by atoms with E-state index in [1.165, 1.54) is 0 Å². The van der Waals surface area contributed by atoms with Gasteiger partial charge in [-0.15, -0.1) is 11.3 Å². The van der Waals surface area contributed by atoms with E-state index in [0.717, 1.165) is 8.53 Å². The average molecular weight is 280 g/mol. The number of rotatable bonds is 1. The molecule has 0 fully saturated rings. The summed E-state index contributed by atoms with van der Waals surface area (Å²) in [6.45, 7) is 0.000894. The first-order valence-corrected chi connectivity index (χ1v) is 4.99.